The third-order valence-corrected chi connectivity index (χ3v) is 5.51. The lowest BCUT2D eigenvalue weighted by Crippen LogP contribution is -2.42. The first-order valence-corrected chi connectivity index (χ1v) is 9.63. The summed E-state index contributed by atoms with van der Waals surface area (Å²) in [5, 5.41) is 16.6. The highest BCUT2D eigenvalue weighted by Crippen LogP contribution is 2.48. The zero-order valence-corrected chi connectivity index (χ0v) is 16.1. The molecule has 0 saturated heterocycles. The number of carbonyl (C=O) groups excluding carboxylic acids is 1. The van der Waals surface area contributed by atoms with Gasteiger partial charge in [-0.1, -0.05) is 42.1 Å². The summed E-state index contributed by atoms with van der Waals surface area (Å²) < 4.78 is 1.64. The second-order valence-electron chi connectivity index (χ2n) is 6.14. The van der Waals surface area contributed by atoms with Crippen molar-refractivity contribution < 1.29 is 9.36 Å². The number of benzene rings is 2. The van der Waals surface area contributed by atoms with Crippen LogP contribution in [-0.2, 0) is 4.79 Å². The number of hydrogen-bond donors (Lipinski definition) is 1. The van der Waals surface area contributed by atoms with E-state index in [2.05, 4.69) is 5.87 Å². The zero-order chi connectivity index (χ0) is 20.2. The van der Waals surface area contributed by atoms with Crippen LogP contribution < -0.4 is 9.47 Å². The molecule has 0 radical (unpaired) electrons. The van der Waals surface area contributed by atoms with Crippen molar-refractivity contribution in [1.82, 2.24) is 0 Å². The number of allylic oxidation sites excluding steroid dienone is 2. The van der Waals surface area contributed by atoms with Gasteiger partial charge in [-0.3, -0.25) is 15.1 Å². The Hall–Kier alpha value is -3.91. The molecular weight excluding hydrogens is 380 g/mol. The average Bonchev–Trinajstić information content (AvgIpc) is 2.78. The Balaban J connectivity index is 1.92. The number of pyridine rings is 1. The average molecular weight is 395 g/mol. The lowest BCUT2D eigenvalue weighted by Gasteiger charge is -2.30. The molecule has 0 unspecified atom stereocenters. The van der Waals surface area contributed by atoms with E-state index in [1.165, 1.54) is 6.08 Å². The molecule has 2 aromatic carbocycles. The van der Waals surface area contributed by atoms with Gasteiger partial charge in [0.2, 0.25) is 0 Å². The van der Waals surface area contributed by atoms with Gasteiger partial charge in [0.05, 0.1) is 11.4 Å². The summed E-state index contributed by atoms with van der Waals surface area (Å²) in [7, 11) is 0. The van der Waals surface area contributed by atoms with E-state index in [1.807, 2.05) is 60.7 Å². The first-order valence-electron chi connectivity index (χ1n) is 8.81. The molecule has 1 aromatic heterocycles. The van der Waals surface area contributed by atoms with Crippen LogP contribution in [0.25, 0.3) is 5.70 Å². The van der Waals surface area contributed by atoms with Crippen LogP contribution in [0.3, 0.4) is 0 Å². The van der Waals surface area contributed by atoms with Crippen LogP contribution in [0.5, 0.6) is 0 Å². The van der Waals surface area contributed by atoms with Crippen molar-refractivity contribution in [3.8, 4) is 6.07 Å². The molecule has 29 heavy (non-hydrogen) atoms. The molecule has 138 valence electrons. The van der Waals surface area contributed by atoms with Gasteiger partial charge in [0, 0.05) is 28.0 Å². The Morgan fingerprint density at radius 3 is 2.10 bits per heavy atom. The monoisotopic (exact) mass is 395 g/mol. The summed E-state index contributed by atoms with van der Waals surface area (Å²) in [5.41, 5.74) is 1.78. The fourth-order valence-electron chi connectivity index (χ4n) is 3.08. The molecule has 4 rings (SSSR count). The second-order valence-corrected chi connectivity index (χ2v) is 7.22. The minimum Gasteiger partial charge on any atom is -0.270 e. The van der Waals surface area contributed by atoms with E-state index in [-0.39, 0.29) is 17.2 Å². The SMILES string of the molecule is N#CC(=C=N)/C=C(/C(=O)N1c2ccccc2Sc2ccccc21)[n+]1ccccc1. The molecule has 0 atom stereocenters. The van der Waals surface area contributed by atoms with E-state index in [0.29, 0.717) is 0 Å². The lowest BCUT2D eigenvalue weighted by molar-refractivity contribution is -0.577. The van der Waals surface area contributed by atoms with Crippen molar-refractivity contribution in [1.29, 1.82) is 10.7 Å². The highest BCUT2D eigenvalue weighted by atomic mass is 32.2. The molecular formula is C23H15N4OS+. The van der Waals surface area contributed by atoms with Crippen LogP contribution in [0, 0.1) is 16.7 Å². The van der Waals surface area contributed by atoms with Gasteiger partial charge < -0.3 is 0 Å². The third kappa shape index (κ3) is 3.48. The maximum Gasteiger partial charge on any atom is 0.328 e. The maximum absolute atomic E-state index is 13.8. The lowest BCUT2D eigenvalue weighted by atomic mass is 10.1. The van der Waals surface area contributed by atoms with Gasteiger partial charge >= 0.3 is 5.91 Å². The first-order chi connectivity index (χ1) is 14.2. The van der Waals surface area contributed by atoms with E-state index in [0.717, 1.165) is 21.2 Å². The summed E-state index contributed by atoms with van der Waals surface area (Å²) in [6, 6.07) is 22.8. The summed E-state index contributed by atoms with van der Waals surface area (Å²) in [4.78, 5) is 17.4. The molecule has 5 nitrogen and oxygen atoms in total. The van der Waals surface area contributed by atoms with Crippen LogP contribution in [0.15, 0.2) is 101 Å². The van der Waals surface area contributed by atoms with Crippen molar-refractivity contribution in [3.05, 3.63) is 90.8 Å². The fourth-order valence-corrected chi connectivity index (χ4v) is 4.13. The van der Waals surface area contributed by atoms with E-state index >= 15 is 0 Å². The van der Waals surface area contributed by atoms with Crippen molar-refractivity contribution in [2.45, 2.75) is 9.79 Å². The number of amides is 1. The molecule has 3 aromatic rings. The second kappa shape index (κ2) is 7.99. The number of nitriles is 1. The highest BCUT2D eigenvalue weighted by Gasteiger charge is 2.34. The van der Waals surface area contributed by atoms with Gasteiger partial charge in [-0.15, -0.1) is 0 Å². The number of para-hydroxylation sites is 2. The molecule has 0 fully saturated rings. The van der Waals surface area contributed by atoms with Gasteiger partial charge in [0.25, 0.3) is 5.70 Å². The summed E-state index contributed by atoms with van der Waals surface area (Å²) in [6.45, 7) is 0. The molecule has 0 spiro atoms. The molecule has 0 bridgehead atoms. The minimum atomic E-state index is -0.301. The van der Waals surface area contributed by atoms with Crippen LogP contribution in [0.4, 0.5) is 11.4 Å². The third-order valence-electron chi connectivity index (χ3n) is 4.38. The summed E-state index contributed by atoms with van der Waals surface area (Å²) >= 11 is 1.61. The standard InChI is InChI=1S/C23H15N4OS/c24-15-17(16-25)14-20(26-12-6-1-7-13-26)23(28)27-18-8-2-4-10-21(18)29-22-11-5-3-9-19(22)27/h1-14,24H/q+1/b20-14-. The highest BCUT2D eigenvalue weighted by molar-refractivity contribution is 7.99. The number of carbonyl (C=O) groups is 1. The van der Waals surface area contributed by atoms with E-state index in [4.69, 9.17) is 5.41 Å². The molecule has 1 N–H and O–H groups in total. The van der Waals surface area contributed by atoms with Crippen molar-refractivity contribution >= 4 is 40.6 Å². The van der Waals surface area contributed by atoms with E-state index in [1.54, 1.807) is 45.8 Å². The molecule has 1 amide bonds. The van der Waals surface area contributed by atoms with Crippen LogP contribution >= 0.6 is 11.8 Å². The topological polar surface area (TPSA) is 71.8 Å². The number of nitrogens with zero attached hydrogens (tertiary/aromatic N) is 3. The molecule has 2 heterocycles. The number of hydrogen-bond acceptors (Lipinski definition) is 4. The summed E-state index contributed by atoms with van der Waals surface area (Å²) in [5.74, 6) is 1.79. The van der Waals surface area contributed by atoms with E-state index < -0.39 is 0 Å². The maximum atomic E-state index is 13.8. The Morgan fingerprint density at radius 2 is 1.55 bits per heavy atom. The van der Waals surface area contributed by atoms with Crippen molar-refractivity contribution in [2.75, 3.05) is 4.90 Å². The summed E-state index contributed by atoms with van der Waals surface area (Å²) in [6.07, 6.45) is 4.86. The van der Waals surface area contributed by atoms with Crippen molar-refractivity contribution in [2.24, 2.45) is 0 Å². The van der Waals surface area contributed by atoms with Gasteiger partial charge in [-0.2, -0.15) is 9.83 Å². The molecule has 0 saturated carbocycles. The molecule has 1 aliphatic heterocycles. The van der Waals surface area contributed by atoms with Gasteiger partial charge in [0.1, 0.15) is 11.6 Å². The minimum absolute atomic E-state index is 0.0299. The zero-order valence-electron chi connectivity index (χ0n) is 15.2. The Morgan fingerprint density at radius 1 is 0.966 bits per heavy atom. The smallest absolute Gasteiger partial charge is 0.270 e. The van der Waals surface area contributed by atoms with Gasteiger partial charge in [-0.25, -0.2) is 0 Å². The predicted octanol–water partition coefficient (Wildman–Crippen LogP) is 4.34. The van der Waals surface area contributed by atoms with Crippen LogP contribution in [0.2, 0.25) is 0 Å². The molecule has 6 heteroatoms. The van der Waals surface area contributed by atoms with Crippen LogP contribution in [0.1, 0.15) is 0 Å². The predicted molar refractivity (Wildman–Crippen MR) is 112 cm³/mol. The van der Waals surface area contributed by atoms with Gasteiger partial charge in [0.15, 0.2) is 12.4 Å². The Bertz CT molecular complexity index is 1180. The number of aromatic nitrogens is 1. The Kier molecular flexibility index (Phi) is 5.08. The van der Waals surface area contributed by atoms with Gasteiger partial charge in [-0.05, 0) is 30.1 Å². The van der Waals surface area contributed by atoms with E-state index in [9.17, 15) is 10.1 Å². The fraction of sp³-hybridized carbons (Fsp3) is 0. The number of fused-ring (bicyclic) bond motifs is 2. The Labute approximate surface area is 172 Å². The number of anilines is 2. The number of rotatable bonds is 3. The first kappa shape index (κ1) is 18.5. The largest absolute Gasteiger partial charge is 0.328 e. The molecule has 0 aliphatic carbocycles. The van der Waals surface area contributed by atoms with Crippen LogP contribution in [-0.4, -0.2) is 11.8 Å². The number of nitrogens with one attached hydrogen (secondary N) is 1. The molecule has 1 aliphatic rings. The normalized spacial score (nSPS) is 12.2. The quantitative estimate of drug-likeness (QED) is 0.236. The van der Waals surface area contributed by atoms with Crippen molar-refractivity contribution in [3.63, 3.8) is 0 Å².